The first-order valence-electron chi connectivity index (χ1n) is 5.05. The van der Waals surface area contributed by atoms with Crippen molar-refractivity contribution in [3.05, 3.63) is 51.2 Å². The van der Waals surface area contributed by atoms with Gasteiger partial charge in [-0.3, -0.25) is 9.78 Å². The molecule has 0 saturated heterocycles. The van der Waals surface area contributed by atoms with Crippen LogP contribution in [0.25, 0.3) is 0 Å². The molecule has 4 nitrogen and oxygen atoms in total. The summed E-state index contributed by atoms with van der Waals surface area (Å²) >= 11 is 6.71. The Hall–Kier alpha value is -1.40. The van der Waals surface area contributed by atoms with Crippen molar-refractivity contribution in [1.82, 2.24) is 4.98 Å². The number of rotatable bonds is 2. The van der Waals surface area contributed by atoms with Crippen LogP contribution in [-0.2, 0) is 0 Å². The number of nitrogens with two attached hydrogens (primary N) is 1. The van der Waals surface area contributed by atoms with Crippen molar-refractivity contribution >= 4 is 49.1 Å². The van der Waals surface area contributed by atoms with E-state index in [1.54, 1.807) is 36.5 Å². The van der Waals surface area contributed by atoms with Crippen LogP contribution in [-0.4, -0.2) is 10.9 Å². The molecule has 0 aliphatic heterocycles. The van der Waals surface area contributed by atoms with E-state index >= 15 is 0 Å². The number of nitrogens with zero attached hydrogens (tertiary/aromatic N) is 1. The summed E-state index contributed by atoms with van der Waals surface area (Å²) in [5, 5.41) is 2.77. The molecule has 2 rings (SSSR count). The number of carbonyl (C=O) groups excluding carboxylic acids is 1. The molecule has 0 unspecified atom stereocenters. The molecule has 3 N–H and O–H groups in total. The first kappa shape index (κ1) is 13.0. The number of hydrogen-bond donors (Lipinski definition) is 2. The van der Waals surface area contributed by atoms with E-state index in [1.807, 2.05) is 0 Å². The zero-order chi connectivity index (χ0) is 13.1. The Balaban J connectivity index is 2.28. The van der Waals surface area contributed by atoms with Crippen LogP contribution in [0.15, 0.2) is 45.5 Å². The smallest absolute Gasteiger partial charge is 0.274 e. The van der Waals surface area contributed by atoms with Crippen molar-refractivity contribution in [2.75, 3.05) is 11.1 Å². The highest BCUT2D eigenvalue weighted by Gasteiger charge is 2.12. The number of nitrogens with one attached hydrogen (secondary N) is 1. The van der Waals surface area contributed by atoms with Gasteiger partial charge in [0.15, 0.2) is 0 Å². The molecule has 0 fully saturated rings. The van der Waals surface area contributed by atoms with Gasteiger partial charge in [-0.1, -0.05) is 6.07 Å². The van der Waals surface area contributed by atoms with Crippen LogP contribution < -0.4 is 11.1 Å². The van der Waals surface area contributed by atoms with E-state index in [9.17, 15) is 4.79 Å². The summed E-state index contributed by atoms with van der Waals surface area (Å²) in [6.45, 7) is 0. The van der Waals surface area contributed by atoms with Crippen LogP contribution in [0.2, 0.25) is 0 Å². The maximum atomic E-state index is 12.0. The summed E-state index contributed by atoms with van der Waals surface area (Å²) in [6.07, 6.45) is 1.57. The van der Waals surface area contributed by atoms with E-state index in [4.69, 9.17) is 5.73 Å². The molecule has 92 valence electrons. The zero-order valence-electron chi connectivity index (χ0n) is 9.15. The topological polar surface area (TPSA) is 68.0 Å². The Morgan fingerprint density at radius 1 is 1.22 bits per heavy atom. The normalized spacial score (nSPS) is 10.1. The van der Waals surface area contributed by atoms with E-state index in [0.29, 0.717) is 26.0 Å². The number of hydrogen-bond acceptors (Lipinski definition) is 3. The maximum absolute atomic E-state index is 12.0. The molecule has 2 aromatic rings. The predicted octanol–water partition coefficient (Wildman–Crippen LogP) is 3.44. The van der Waals surface area contributed by atoms with Gasteiger partial charge in [-0.15, -0.1) is 0 Å². The van der Waals surface area contributed by atoms with Gasteiger partial charge in [0.1, 0.15) is 5.69 Å². The largest absolute Gasteiger partial charge is 0.399 e. The van der Waals surface area contributed by atoms with Crippen LogP contribution >= 0.6 is 31.9 Å². The second-order valence-electron chi connectivity index (χ2n) is 3.53. The summed E-state index contributed by atoms with van der Waals surface area (Å²) in [6, 6.07) is 8.60. The predicted molar refractivity (Wildman–Crippen MR) is 78.4 cm³/mol. The van der Waals surface area contributed by atoms with Gasteiger partial charge >= 0.3 is 0 Å². The monoisotopic (exact) mass is 369 g/mol. The zero-order valence-corrected chi connectivity index (χ0v) is 12.3. The van der Waals surface area contributed by atoms with Gasteiger partial charge in [0.25, 0.3) is 5.91 Å². The summed E-state index contributed by atoms with van der Waals surface area (Å²) in [7, 11) is 0. The average Bonchev–Trinajstić information content (AvgIpc) is 2.34. The molecular formula is C12H9Br2N3O. The minimum Gasteiger partial charge on any atom is -0.399 e. The van der Waals surface area contributed by atoms with Crippen molar-refractivity contribution in [2.24, 2.45) is 0 Å². The quantitative estimate of drug-likeness (QED) is 0.795. The number of nitrogen functional groups attached to an aromatic ring is 1. The van der Waals surface area contributed by atoms with Gasteiger partial charge in [0, 0.05) is 20.8 Å². The Kier molecular flexibility index (Phi) is 3.98. The molecule has 0 aliphatic carbocycles. The average molecular weight is 371 g/mol. The summed E-state index contributed by atoms with van der Waals surface area (Å²) < 4.78 is 1.41. The fourth-order valence-corrected chi connectivity index (χ4v) is 2.81. The van der Waals surface area contributed by atoms with Gasteiger partial charge in [-0.25, -0.2) is 0 Å². The third-order valence-corrected chi connectivity index (χ3v) is 3.45. The number of aromatic nitrogens is 1. The van der Waals surface area contributed by atoms with Crippen molar-refractivity contribution in [2.45, 2.75) is 0 Å². The molecule has 1 aromatic heterocycles. The lowest BCUT2D eigenvalue weighted by Gasteiger charge is -2.10. The van der Waals surface area contributed by atoms with Gasteiger partial charge in [0.2, 0.25) is 0 Å². The van der Waals surface area contributed by atoms with Gasteiger partial charge in [-0.05, 0) is 56.1 Å². The third-order valence-electron chi connectivity index (χ3n) is 2.20. The van der Waals surface area contributed by atoms with E-state index < -0.39 is 0 Å². The van der Waals surface area contributed by atoms with Gasteiger partial charge in [0.05, 0.1) is 5.69 Å². The highest BCUT2D eigenvalue weighted by atomic mass is 79.9. The van der Waals surface area contributed by atoms with Crippen molar-refractivity contribution in [1.29, 1.82) is 0 Å². The second kappa shape index (κ2) is 5.49. The molecule has 0 aliphatic rings. The molecule has 0 saturated carbocycles. The van der Waals surface area contributed by atoms with E-state index in [1.165, 1.54) is 0 Å². The molecule has 0 bridgehead atoms. The van der Waals surface area contributed by atoms with Crippen molar-refractivity contribution in [3.63, 3.8) is 0 Å². The first-order chi connectivity index (χ1) is 8.58. The molecular weight excluding hydrogens is 362 g/mol. The van der Waals surface area contributed by atoms with Crippen LogP contribution in [0.3, 0.4) is 0 Å². The maximum Gasteiger partial charge on any atom is 0.274 e. The van der Waals surface area contributed by atoms with Gasteiger partial charge < -0.3 is 11.1 Å². The number of amides is 1. The lowest BCUT2D eigenvalue weighted by molar-refractivity contribution is 0.102. The SMILES string of the molecule is Nc1cc(Br)c(NC(=O)c2ccccn2)c(Br)c1. The van der Waals surface area contributed by atoms with Gasteiger partial charge in [-0.2, -0.15) is 0 Å². The molecule has 6 heteroatoms. The lowest BCUT2D eigenvalue weighted by atomic mass is 10.2. The van der Waals surface area contributed by atoms with Crippen LogP contribution in [0.4, 0.5) is 11.4 Å². The highest BCUT2D eigenvalue weighted by molar-refractivity contribution is 9.11. The standard InChI is InChI=1S/C12H9Br2N3O/c13-8-5-7(15)6-9(14)11(8)17-12(18)10-3-1-2-4-16-10/h1-6H,15H2,(H,17,18). The van der Waals surface area contributed by atoms with Crippen LogP contribution in [0.5, 0.6) is 0 Å². The molecule has 0 radical (unpaired) electrons. The van der Waals surface area contributed by atoms with E-state index in [2.05, 4.69) is 42.2 Å². The Bertz CT molecular complexity index is 564. The highest BCUT2D eigenvalue weighted by Crippen LogP contribution is 2.33. The Labute approximate surface area is 121 Å². The summed E-state index contributed by atoms with van der Waals surface area (Å²) in [5.74, 6) is -0.276. The van der Waals surface area contributed by atoms with E-state index in [-0.39, 0.29) is 5.91 Å². The number of halogens is 2. The third kappa shape index (κ3) is 2.88. The summed E-state index contributed by atoms with van der Waals surface area (Å²) in [5.41, 5.74) is 7.27. The fraction of sp³-hybridized carbons (Fsp3) is 0. The Morgan fingerprint density at radius 2 is 1.89 bits per heavy atom. The molecule has 1 aromatic carbocycles. The summed E-state index contributed by atoms with van der Waals surface area (Å²) in [4.78, 5) is 15.9. The number of benzene rings is 1. The minimum absolute atomic E-state index is 0.276. The molecule has 0 atom stereocenters. The second-order valence-corrected chi connectivity index (χ2v) is 5.24. The number of carbonyl (C=O) groups is 1. The molecule has 1 amide bonds. The lowest BCUT2D eigenvalue weighted by Crippen LogP contribution is -2.14. The van der Waals surface area contributed by atoms with E-state index in [0.717, 1.165) is 0 Å². The fourth-order valence-electron chi connectivity index (χ4n) is 1.39. The van der Waals surface area contributed by atoms with Crippen LogP contribution in [0.1, 0.15) is 10.5 Å². The number of pyridine rings is 1. The Morgan fingerprint density at radius 3 is 2.44 bits per heavy atom. The molecule has 1 heterocycles. The minimum atomic E-state index is -0.276. The molecule has 0 spiro atoms. The van der Waals surface area contributed by atoms with Crippen molar-refractivity contribution in [3.8, 4) is 0 Å². The van der Waals surface area contributed by atoms with Crippen LogP contribution in [0, 0.1) is 0 Å². The van der Waals surface area contributed by atoms with Crippen molar-refractivity contribution < 1.29 is 4.79 Å². The number of anilines is 2. The molecule has 18 heavy (non-hydrogen) atoms. The first-order valence-corrected chi connectivity index (χ1v) is 6.63.